The van der Waals surface area contributed by atoms with Gasteiger partial charge < -0.3 is 20.1 Å². The molecule has 0 saturated heterocycles. The van der Waals surface area contributed by atoms with Gasteiger partial charge in [0.05, 0.1) is 25.6 Å². The summed E-state index contributed by atoms with van der Waals surface area (Å²) in [6.45, 7) is 0. The smallest absolute Gasteiger partial charge is 0.187 e. The fraction of sp³-hybridized carbons (Fsp3) is 0.0909. The summed E-state index contributed by atoms with van der Waals surface area (Å²) in [6, 6.07) is 26.2. The van der Waals surface area contributed by atoms with E-state index in [9.17, 15) is 9.59 Å². The predicted molar refractivity (Wildman–Crippen MR) is 171 cm³/mol. The number of benzene rings is 4. The van der Waals surface area contributed by atoms with E-state index in [0.717, 1.165) is 31.4 Å². The van der Waals surface area contributed by atoms with E-state index < -0.39 is 0 Å². The number of ether oxygens (including phenoxy) is 2. The number of carbonyl (C=O) groups is 2. The zero-order valence-electron chi connectivity index (χ0n) is 22.5. The van der Waals surface area contributed by atoms with Crippen LogP contribution in [0.1, 0.15) is 31.8 Å². The van der Waals surface area contributed by atoms with Crippen LogP contribution in [0.4, 0.5) is 11.4 Å². The van der Waals surface area contributed by atoms with Gasteiger partial charge in [0.2, 0.25) is 0 Å². The Morgan fingerprint density at radius 3 is 1.39 bits per heavy atom. The highest BCUT2D eigenvalue weighted by Crippen LogP contribution is 2.30. The molecule has 4 rings (SSSR count). The fourth-order valence-corrected chi connectivity index (χ4v) is 4.53. The minimum atomic E-state index is -0.0980. The second-order valence-electron chi connectivity index (χ2n) is 8.94. The lowest BCUT2D eigenvalue weighted by Gasteiger charge is -2.13. The maximum Gasteiger partial charge on any atom is 0.187 e. The molecule has 41 heavy (non-hydrogen) atoms. The van der Waals surface area contributed by atoms with E-state index in [4.69, 9.17) is 9.47 Å². The molecule has 0 atom stereocenters. The third-order valence-electron chi connectivity index (χ3n) is 6.14. The van der Waals surface area contributed by atoms with Gasteiger partial charge in [0.1, 0.15) is 11.5 Å². The Kier molecular flexibility index (Phi) is 10.5. The Hall–Kier alpha value is -4.14. The Balaban J connectivity index is 1.38. The average molecular weight is 676 g/mol. The lowest BCUT2D eigenvalue weighted by molar-refractivity contribution is 0.103. The summed E-state index contributed by atoms with van der Waals surface area (Å²) < 4.78 is 13.0. The summed E-state index contributed by atoms with van der Waals surface area (Å²) >= 11 is 6.75. The van der Waals surface area contributed by atoms with Crippen LogP contribution < -0.4 is 20.1 Å². The molecule has 0 aliphatic rings. The quantitative estimate of drug-likeness (QED) is 0.116. The molecule has 4 aromatic rings. The first-order valence-electron chi connectivity index (χ1n) is 12.7. The molecule has 0 unspecified atom stereocenters. The monoisotopic (exact) mass is 674 g/mol. The van der Waals surface area contributed by atoms with Crippen molar-refractivity contribution in [3.63, 3.8) is 0 Å². The highest BCUT2D eigenvalue weighted by Gasteiger charge is 2.09. The van der Waals surface area contributed by atoms with Gasteiger partial charge in [-0.15, -0.1) is 0 Å². The number of anilines is 2. The van der Waals surface area contributed by atoms with Crippen molar-refractivity contribution in [2.24, 2.45) is 0 Å². The summed E-state index contributed by atoms with van der Waals surface area (Å²) in [5, 5.41) is 6.27. The number of hydrogen-bond acceptors (Lipinski definition) is 6. The van der Waals surface area contributed by atoms with E-state index in [-0.39, 0.29) is 11.6 Å². The number of carbonyl (C=O) groups excluding carboxylic acids is 2. The molecular weight excluding hydrogens is 648 g/mol. The highest BCUT2D eigenvalue weighted by molar-refractivity contribution is 9.10. The lowest BCUT2D eigenvalue weighted by Crippen LogP contribution is -1.99. The van der Waals surface area contributed by atoms with Gasteiger partial charge in [0, 0.05) is 44.6 Å². The van der Waals surface area contributed by atoms with Crippen LogP contribution in [0.2, 0.25) is 0 Å². The minimum absolute atomic E-state index is 0.0980. The average Bonchev–Trinajstić information content (AvgIpc) is 2.98. The van der Waals surface area contributed by atoms with Crippen molar-refractivity contribution in [3.8, 4) is 11.5 Å². The van der Waals surface area contributed by atoms with E-state index in [1.54, 1.807) is 50.9 Å². The lowest BCUT2D eigenvalue weighted by atomic mass is 10.0. The van der Waals surface area contributed by atoms with Gasteiger partial charge in [0.15, 0.2) is 11.6 Å². The van der Waals surface area contributed by atoms with E-state index in [0.29, 0.717) is 29.0 Å². The summed E-state index contributed by atoms with van der Waals surface area (Å²) in [7, 11) is 3.22. The first-order valence-corrected chi connectivity index (χ1v) is 14.2. The molecule has 0 amide bonds. The van der Waals surface area contributed by atoms with Crippen LogP contribution in [-0.2, 0) is 6.42 Å². The Bertz CT molecular complexity index is 1460. The first-order chi connectivity index (χ1) is 19.9. The van der Waals surface area contributed by atoms with E-state index in [1.165, 1.54) is 12.2 Å². The second kappa shape index (κ2) is 14.5. The molecular formula is C33H28Br2N2O4. The van der Waals surface area contributed by atoms with Crippen molar-refractivity contribution in [2.75, 3.05) is 24.9 Å². The largest absolute Gasteiger partial charge is 0.495 e. The van der Waals surface area contributed by atoms with Crippen molar-refractivity contribution in [3.05, 3.63) is 141 Å². The number of ketones is 2. The SMILES string of the molecule is COc1cc(Cc2ccc(N/C=C/C(=O)c3ccc(Br)cc3)c(OC)c2)ccc1N/C=C/C(=O)c1ccc(Br)cc1. The maximum atomic E-state index is 12.4. The molecule has 208 valence electrons. The molecule has 0 fully saturated rings. The van der Waals surface area contributed by atoms with Crippen molar-refractivity contribution in [2.45, 2.75) is 6.42 Å². The number of halogens is 2. The van der Waals surface area contributed by atoms with E-state index in [2.05, 4.69) is 42.5 Å². The summed E-state index contributed by atoms with van der Waals surface area (Å²) in [4.78, 5) is 24.8. The first kappa shape index (κ1) is 29.8. The molecule has 4 aromatic carbocycles. The molecule has 0 spiro atoms. The van der Waals surface area contributed by atoms with Gasteiger partial charge in [-0.25, -0.2) is 0 Å². The topological polar surface area (TPSA) is 76.7 Å². The zero-order chi connectivity index (χ0) is 29.2. The van der Waals surface area contributed by atoms with E-state index >= 15 is 0 Å². The predicted octanol–water partition coefficient (Wildman–Crippen LogP) is 8.44. The number of methoxy groups -OCH3 is 2. The maximum absolute atomic E-state index is 12.4. The van der Waals surface area contributed by atoms with Gasteiger partial charge in [-0.05, 0) is 90.3 Å². The standard InChI is InChI=1S/C33H28Br2N2O4/c1-40-32-20-22(3-13-28(32)36-17-15-30(38)24-5-9-26(34)10-6-24)19-23-4-14-29(33(21-23)41-2)37-18-16-31(39)25-7-11-27(35)12-8-25/h3-18,20-21,36-37H,19H2,1-2H3/b17-15+,18-16+. The molecule has 0 aliphatic heterocycles. The van der Waals surface area contributed by atoms with Gasteiger partial charge in [-0.3, -0.25) is 9.59 Å². The van der Waals surface area contributed by atoms with E-state index in [1.807, 2.05) is 60.7 Å². The normalized spacial score (nSPS) is 11.0. The van der Waals surface area contributed by atoms with Crippen LogP contribution in [0, 0.1) is 0 Å². The van der Waals surface area contributed by atoms with Crippen molar-refractivity contribution in [1.29, 1.82) is 0 Å². The molecule has 0 saturated carbocycles. The molecule has 0 aliphatic carbocycles. The van der Waals surface area contributed by atoms with Crippen LogP contribution in [0.5, 0.6) is 11.5 Å². The molecule has 2 N–H and O–H groups in total. The second-order valence-corrected chi connectivity index (χ2v) is 10.8. The minimum Gasteiger partial charge on any atom is -0.495 e. The Morgan fingerprint density at radius 2 is 1.02 bits per heavy atom. The summed E-state index contributed by atoms with van der Waals surface area (Å²) in [6.07, 6.45) is 6.86. The fourth-order valence-electron chi connectivity index (χ4n) is 4.00. The van der Waals surface area contributed by atoms with Crippen molar-refractivity contribution < 1.29 is 19.1 Å². The zero-order valence-corrected chi connectivity index (χ0v) is 25.7. The molecule has 0 radical (unpaired) electrons. The van der Waals surface area contributed by atoms with Gasteiger partial charge in [-0.1, -0.05) is 44.0 Å². The summed E-state index contributed by atoms with van der Waals surface area (Å²) in [5.41, 5.74) is 4.80. The van der Waals surface area contributed by atoms with Gasteiger partial charge in [0.25, 0.3) is 0 Å². The molecule has 6 nitrogen and oxygen atoms in total. The van der Waals surface area contributed by atoms with Gasteiger partial charge >= 0.3 is 0 Å². The summed E-state index contributed by atoms with van der Waals surface area (Å²) in [5.74, 6) is 1.13. The molecule has 0 aromatic heterocycles. The number of hydrogen-bond donors (Lipinski definition) is 2. The van der Waals surface area contributed by atoms with Crippen LogP contribution in [-0.4, -0.2) is 25.8 Å². The number of rotatable bonds is 12. The van der Waals surface area contributed by atoms with Crippen LogP contribution in [0.25, 0.3) is 0 Å². The number of allylic oxidation sites excluding steroid dienone is 2. The van der Waals surface area contributed by atoms with Crippen molar-refractivity contribution >= 4 is 54.8 Å². The number of nitrogens with one attached hydrogen (secondary N) is 2. The third kappa shape index (κ3) is 8.42. The third-order valence-corrected chi connectivity index (χ3v) is 7.20. The highest BCUT2D eigenvalue weighted by atomic mass is 79.9. The van der Waals surface area contributed by atoms with Gasteiger partial charge in [-0.2, -0.15) is 0 Å². The van der Waals surface area contributed by atoms with Crippen LogP contribution in [0.3, 0.4) is 0 Å². The Morgan fingerprint density at radius 1 is 0.634 bits per heavy atom. The molecule has 0 heterocycles. The molecule has 0 bridgehead atoms. The van der Waals surface area contributed by atoms with Crippen LogP contribution >= 0.6 is 31.9 Å². The molecule has 8 heteroatoms. The van der Waals surface area contributed by atoms with Crippen LogP contribution in [0.15, 0.2) is 118 Å². The van der Waals surface area contributed by atoms with Crippen molar-refractivity contribution in [1.82, 2.24) is 0 Å². The Labute approximate surface area is 256 Å².